The Hall–Kier alpha value is -2.32. The van der Waals surface area contributed by atoms with Gasteiger partial charge >= 0.3 is 8.32 Å². The number of hydrogen-bond donors (Lipinski definition) is 0. The van der Waals surface area contributed by atoms with Gasteiger partial charge in [0.15, 0.2) is 0 Å². The third kappa shape index (κ3) is 3.34. The fourth-order valence-corrected chi connectivity index (χ4v) is 8.02. The molecule has 0 aliphatic rings. The summed E-state index contributed by atoms with van der Waals surface area (Å²) in [5.41, 5.74) is 2.56. The van der Waals surface area contributed by atoms with E-state index in [2.05, 4.69) is 113 Å². The van der Waals surface area contributed by atoms with Crippen molar-refractivity contribution >= 4 is 18.7 Å². The van der Waals surface area contributed by atoms with Crippen molar-refractivity contribution in [2.24, 2.45) is 0 Å². The molecule has 0 radical (unpaired) electrons. The van der Waals surface area contributed by atoms with Crippen molar-refractivity contribution in [3.05, 3.63) is 90.0 Å². The fourth-order valence-electron chi connectivity index (χ4n) is 3.60. The second-order valence-corrected chi connectivity index (χ2v) is 12.2. The first-order valence-corrected chi connectivity index (χ1v) is 11.1. The van der Waals surface area contributed by atoms with Gasteiger partial charge in [-0.3, -0.25) is 0 Å². The summed E-state index contributed by atoms with van der Waals surface area (Å²) in [6, 6.07) is 28.0. The molecule has 1 nitrogen and oxygen atoms in total. The molecule has 0 aliphatic carbocycles. The molecule has 26 heavy (non-hydrogen) atoms. The van der Waals surface area contributed by atoms with Crippen molar-refractivity contribution in [1.29, 1.82) is 0 Å². The van der Waals surface area contributed by atoms with Crippen molar-refractivity contribution < 1.29 is 4.43 Å². The highest BCUT2D eigenvalue weighted by molar-refractivity contribution is 7.00. The van der Waals surface area contributed by atoms with Gasteiger partial charge in [0.05, 0.1) is 0 Å². The van der Waals surface area contributed by atoms with Gasteiger partial charge in [0.25, 0.3) is 0 Å². The van der Waals surface area contributed by atoms with Gasteiger partial charge in [-0.25, -0.2) is 0 Å². The Balaban J connectivity index is 2.25. The molecule has 0 aromatic heterocycles. The van der Waals surface area contributed by atoms with Gasteiger partial charge < -0.3 is 4.43 Å². The van der Waals surface area contributed by atoms with Crippen LogP contribution in [-0.2, 0) is 0 Å². The van der Waals surface area contributed by atoms with Gasteiger partial charge in [-0.2, -0.15) is 0 Å². The Kier molecular flexibility index (Phi) is 5.06. The van der Waals surface area contributed by atoms with Gasteiger partial charge in [0, 0.05) is 0 Å². The average Bonchev–Trinajstić information content (AvgIpc) is 2.63. The van der Waals surface area contributed by atoms with Crippen molar-refractivity contribution in [2.75, 3.05) is 0 Å². The minimum absolute atomic E-state index is 0.0193. The first kappa shape index (κ1) is 18.5. The van der Waals surface area contributed by atoms with Crippen LogP contribution >= 0.6 is 0 Å². The lowest BCUT2D eigenvalue weighted by Crippen LogP contribution is -2.68. The van der Waals surface area contributed by atoms with Crippen molar-refractivity contribution in [1.82, 2.24) is 0 Å². The lowest BCUT2D eigenvalue weighted by molar-refractivity contribution is 0.507. The van der Waals surface area contributed by atoms with Crippen molar-refractivity contribution in [2.45, 2.75) is 39.7 Å². The van der Waals surface area contributed by atoms with E-state index in [1.807, 2.05) is 0 Å². The molecule has 0 amide bonds. The molecule has 0 unspecified atom stereocenters. The van der Waals surface area contributed by atoms with Crippen LogP contribution in [0, 0.1) is 13.8 Å². The molecular formula is C24H28OSi. The Morgan fingerprint density at radius 1 is 0.654 bits per heavy atom. The Bertz CT molecular complexity index is 824. The van der Waals surface area contributed by atoms with Gasteiger partial charge in [0.1, 0.15) is 5.75 Å². The van der Waals surface area contributed by atoms with E-state index in [1.165, 1.54) is 21.5 Å². The Morgan fingerprint density at radius 3 is 1.58 bits per heavy atom. The van der Waals surface area contributed by atoms with E-state index in [1.54, 1.807) is 0 Å². The summed E-state index contributed by atoms with van der Waals surface area (Å²) >= 11 is 0. The first-order valence-electron chi connectivity index (χ1n) is 9.22. The van der Waals surface area contributed by atoms with Crippen molar-refractivity contribution in [3.63, 3.8) is 0 Å². The van der Waals surface area contributed by atoms with Gasteiger partial charge in [-0.1, -0.05) is 87.5 Å². The molecule has 134 valence electrons. The third-order valence-electron chi connectivity index (χ3n) is 5.17. The maximum absolute atomic E-state index is 7.01. The van der Waals surface area contributed by atoms with Crippen LogP contribution in [0.25, 0.3) is 0 Å². The van der Waals surface area contributed by atoms with E-state index < -0.39 is 8.32 Å². The normalized spacial score (nSPS) is 12.0. The zero-order valence-corrected chi connectivity index (χ0v) is 17.4. The van der Waals surface area contributed by atoms with Crippen LogP contribution in [0.3, 0.4) is 0 Å². The molecule has 0 atom stereocenters. The zero-order valence-electron chi connectivity index (χ0n) is 16.4. The van der Waals surface area contributed by atoms with Crippen LogP contribution in [-0.4, -0.2) is 8.32 Å². The standard InChI is InChI=1S/C24H28OSi/c1-19-16-17-21(18-20(19)2)25-26(24(3,4)5,22-12-8-6-9-13-22)23-14-10-7-11-15-23/h6-18H,1-5H3. The monoisotopic (exact) mass is 360 g/mol. The van der Waals surface area contributed by atoms with Crippen LogP contribution in [0.15, 0.2) is 78.9 Å². The van der Waals surface area contributed by atoms with Crippen LogP contribution in [0.1, 0.15) is 31.9 Å². The SMILES string of the molecule is Cc1ccc(O[Si](c2ccccc2)(c2ccccc2)C(C)(C)C)cc1C. The molecule has 0 saturated carbocycles. The van der Waals surface area contributed by atoms with Gasteiger partial charge in [0.2, 0.25) is 0 Å². The van der Waals surface area contributed by atoms with Crippen LogP contribution in [0.4, 0.5) is 0 Å². The number of aryl methyl sites for hydroxylation is 2. The lowest BCUT2D eigenvalue weighted by atomic mass is 10.1. The van der Waals surface area contributed by atoms with E-state index in [0.29, 0.717) is 0 Å². The second kappa shape index (κ2) is 7.12. The quantitative estimate of drug-likeness (QED) is 0.578. The average molecular weight is 361 g/mol. The molecule has 3 aromatic rings. The summed E-state index contributed by atoms with van der Waals surface area (Å²) in [5, 5.41) is 2.59. The van der Waals surface area contributed by atoms with E-state index in [0.717, 1.165) is 5.75 Å². The van der Waals surface area contributed by atoms with Crippen LogP contribution < -0.4 is 14.8 Å². The molecule has 0 spiro atoms. The zero-order chi connectivity index (χ0) is 18.8. The molecule has 0 bridgehead atoms. The first-order chi connectivity index (χ1) is 12.3. The van der Waals surface area contributed by atoms with Crippen molar-refractivity contribution in [3.8, 4) is 5.75 Å². The number of rotatable bonds is 4. The number of benzene rings is 3. The third-order valence-corrected chi connectivity index (χ3v) is 10.1. The molecule has 2 heteroatoms. The molecule has 3 aromatic carbocycles. The van der Waals surface area contributed by atoms with Crippen LogP contribution in [0.2, 0.25) is 5.04 Å². The topological polar surface area (TPSA) is 9.23 Å². The molecule has 0 N–H and O–H groups in total. The molecule has 3 rings (SSSR count). The highest BCUT2D eigenvalue weighted by Crippen LogP contribution is 2.37. The summed E-state index contributed by atoms with van der Waals surface area (Å²) in [7, 11) is -2.53. The largest absolute Gasteiger partial charge is 0.534 e. The van der Waals surface area contributed by atoms with E-state index in [-0.39, 0.29) is 5.04 Å². The molecular weight excluding hydrogens is 332 g/mol. The summed E-state index contributed by atoms with van der Waals surface area (Å²) in [4.78, 5) is 0. The van der Waals surface area contributed by atoms with Gasteiger partial charge in [-0.05, 0) is 52.5 Å². The summed E-state index contributed by atoms with van der Waals surface area (Å²) in [6.45, 7) is 11.2. The molecule has 0 heterocycles. The highest BCUT2D eigenvalue weighted by atomic mass is 28.4. The maximum Gasteiger partial charge on any atom is 0.319 e. The summed E-state index contributed by atoms with van der Waals surface area (Å²) in [6.07, 6.45) is 0. The summed E-state index contributed by atoms with van der Waals surface area (Å²) < 4.78 is 7.01. The van der Waals surface area contributed by atoms with Crippen LogP contribution in [0.5, 0.6) is 5.75 Å². The highest BCUT2D eigenvalue weighted by Gasteiger charge is 2.52. The van der Waals surface area contributed by atoms with Gasteiger partial charge in [-0.15, -0.1) is 0 Å². The predicted octanol–water partition coefficient (Wildman–Crippen LogP) is 5.24. The minimum Gasteiger partial charge on any atom is -0.534 e. The minimum atomic E-state index is -2.53. The summed E-state index contributed by atoms with van der Waals surface area (Å²) in [5.74, 6) is 0.961. The Morgan fingerprint density at radius 2 is 1.15 bits per heavy atom. The molecule has 0 fully saturated rings. The lowest BCUT2D eigenvalue weighted by Gasteiger charge is -2.43. The number of hydrogen-bond acceptors (Lipinski definition) is 1. The fraction of sp³-hybridized carbons (Fsp3) is 0.250. The second-order valence-electron chi connectivity index (χ2n) is 8.01. The van der Waals surface area contributed by atoms with E-state index >= 15 is 0 Å². The smallest absolute Gasteiger partial charge is 0.319 e. The van der Waals surface area contributed by atoms with E-state index in [4.69, 9.17) is 4.43 Å². The maximum atomic E-state index is 7.01. The Labute approximate surface area is 158 Å². The predicted molar refractivity (Wildman–Crippen MR) is 114 cm³/mol. The van der Waals surface area contributed by atoms with E-state index in [9.17, 15) is 0 Å². The molecule has 0 aliphatic heterocycles. The molecule has 0 saturated heterocycles.